The molecule has 0 fully saturated rings. The number of Topliss-reactive ketones (excluding diaryl/α,β-unsaturated/α-hetero) is 1. The van der Waals surface area contributed by atoms with Gasteiger partial charge in [0.1, 0.15) is 5.78 Å². The number of rotatable bonds is 2. The quantitative estimate of drug-likeness (QED) is 0.748. The second kappa shape index (κ2) is 10.7. The van der Waals surface area contributed by atoms with Crippen molar-refractivity contribution in [2.45, 2.75) is 67.9 Å². The SMILES string of the molecule is CC.CC.CC(=O)[C@@H](N)CC(C)(C)C.[HH]. The van der Waals surface area contributed by atoms with Crippen molar-refractivity contribution in [1.29, 1.82) is 0 Å². The van der Waals surface area contributed by atoms with Crippen LogP contribution in [0.1, 0.15) is 63.2 Å². The first-order chi connectivity index (χ1) is 6.33. The molecule has 0 aliphatic carbocycles. The molecule has 1 atom stereocenters. The Morgan fingerprint density at radius 2 is 1.50 bits per heavy atom. The van der Waals surface area contributed by atoms with Crippen LogP contribution in [0.2, 0.25) is 0 Å². The molecule has 0 aromatic heterocycles. The van der Waals surface area contributed by atoms with Gasteiger partial charge in [0.05, 0.1) is 6.04 Å². The van der Waals surface area contributed by atoms with Gasteiger partial charge in [0.15, 0.2) is 0 Å². The second-order valence-corrected chi connectivity index (χ2v) is 3.98. The topological polar surface area (TPSA) is 43.1 Å². The third-order valence-corrected chi connectivity index (χ3v) is 1.35. The molecule has 0 heterocycles. The Kier molecular flexibility index (Phi) is 14.7. The third-order valence-electron chi connectivity index (χ3n) is 1.35. The summed E-state index contributed by atoms with van der Waals surface area (Å²) in [5.74, 6) is 0.0786. The molecule has 0 radical (unpaired) electrons. The van der Waals surface area contributed by atoms with Crippen LogP contribution >= 0.6 is 0 Å². The van der Waals surface area contributed by atoms with E-state index in [0.29, 0.717) is 0 Å². The Balaban J connectivity index is -0.000000107. The maximum Gasteiger partial charge on any atom is 0.146 e. The van der Waals surface area contributed by atoms with E-state index in [9.17, 15) is 4.79 Å². The fraction of sp³-hybridized carbons (Fsp3) is 0.917. The summed E-state index contributed by atoms with van der Waals surface area (Å²) in [6.07, 6.45) is 0.766. The standard InChI is InChI=1S/C8H17NO.2C2H6.H2/c1-6(10)7(9)5-8(2,3)4;2*1-2;/h7H,5,9H2,1-4H3;2*1-2H3;1H/t7-;;;/m0.../s1. The van der Waals surface area contributed by atoms with Crippen LogP contribution in [0.15, 0.2) is 0 Å². The van der Waals surface area contributed by atoms with Gasteiger partial charge in [-0.2, -0.15) is 0 Å². The summed E-state index contributed by atoms with van der Waals surface area (Å²) in [5, 5.41) is 0. The lowest BCUT2D eigenvalue weighted by molar-refractivity contribution is -0.118. The molecule has 0 rings (SSSR count). The van der Waals surface area contributed by atoms with E-state index >= 15 is 0 Å². The van der Waals surface area contributed by atoms with Gasteiger partial charge in [-0.3, -0.25) is 4.79 Å². The zero-order valence-corrected chi connectivity index (χ0v) is 11.3. The molecule has 0 bridgehead atoms. The van der Waals surface area contributed by atoms with Gasteiger partial charge in [-0.1, -0.05) is 48.5 Å². The van der Waals surface area contributed by atoms with Gasteiger partial charge in [-0.25, -0.2) is 0 Å². The van der Waals surface area contributed by atoms with Gasteiger partial charge in [-0.05, 0) is 18.8 Å². The van der Waals surface area contributed by atoms with Crippen molar-refractivity contribution in [3.8, 4) is 0 Å². The fourth-order valence-corrected chi connectivity index (χ4v) is 0.803. The molecule has 0 saturated heterocycles. The van der Waals surface area contributed by atoms with E-state index in [-0.39, 0.29) is 18.7 Å². The molecule has 2 nitrogen and oxygen atoms in total. The van der Waals surface area contributed by atoms with E-state index in [4.69, 9.17) is 5.73 Å². The zero-order chi connectivity index (χ0) is 12.4. The Labute approximate surface area is 91.8 Å². The van der Waals surface area contributed by atoms with E-state index in [0.717, 1.165) is 6.42 Å². The highest BCUT2D eigenvalue weighted by molar-refractivity contribution is 5.81. The Morgan fingerprint density at radius 3 is 1.57 bits per heavy atom. The van der Waals surface area contributed by atoms with E-state index in [2.05, 4.69) is 20.8 Å². The summed E-state index contributed by atoms with van der Waals surface area (Å²) in [6, 6.07) is -0.278. The van der Waals surface area contributed by atoms with Crippen LogP contribution in [0.3, 0.4) is 0 Å². The highest BCUT2D eigenvalue weighted by atomic mass is 16.1. The van der Waals surface area contributed by atoms with Crippen molar-refractivity contribution in [2.75, 3.05) is 0 Å². The summed E-state index contributed by atoms with van der Waals surface area (Å²) in [4.78, 5) is 10.7. The molecule has 0 spiro atoms. The average Bonchev–Trinajstić information content (AvgIpc) is 2.08. The number of nitrogens with two attached hydrogens (primary N) is 1. The Bertz CT molecular complexity index is 130. The lowest BCUT2D eigenvalue weighted by Gasteiger charge is -2.21. The smallest absolute Gasteiger partial charge is 0.146 e. The predicted molar refractivity (Wildman–Crippen MR) is 67.5 cm³/mol. The van der Waals surface area contributed by atoms with Gasteiger partial charge < -0.3 is 5.73 Å². The first kappa shape index (κ1) is 19.2. The molecule has 14 heavy (non-hydrogen) atoms. The van der Waals surface area contributed by atoms with Crippen LogP contribution in [0, 0.1) is 5.41 Å². The van der Waals surface area contributed by atoms with E-state index in [1.165, 1.54) is 6.92 Å². The van der Waals surface area contributed by atoms with E-state index in [1.807, 2.05) is 27.7 Å². The highest BCUT2D eigenvalue weighted by Gasteiger charge is 2.17. The molecule has 0 aliphatic heterocycles. The van der Waals surface area contributed by atoms with Crippen molar-refractivity contribution in [1.82, 2.24) is 0 Å². The summed E-state index contributed by atoms with van der Waals surface area (Å²) in [5.41, 5.74) is 5.71. The van der Waals surface area contributed by atoms with Crippen molar-refractivity contribution in [2.24, 2.45) is 11.1 Å². The first-order valence-corrected chi connectivity index (χ1v) is 5.59. The Hall–Kier alpha value is -0.370. The number of carbonyl (C=O) groups is 1. The minimum atomic E-state index is -0.278. The van der Waals surface area contributed by atoms with Crippen molar-refractivity contribution < 1.29 is 6.22 Å². The normalized spacial score (nSPS) is 11.5. The van der Waals surface area contributed by atoms with Crippen LogP contribution in [0.5, 0.6) is 0 Å². The van der Waals surface area contributed by atoms with Gasteiger partial charge >= 0.3 is 0 Å². The summed E-state index contributed by atoms with van der Waals surface area (Å²) < 4.78 is 0. The minimum absolute atomic E-state index is 0. The number of ketones is 1. The van der Waals surface area contributed by atoms with Crippen LogP contribution in [0.4, 0.5) is 0 Å². The van der Waals surface area contributed by atoms with Gasteiger partial charge in [0.2, 0.25) is 0 Å². The molecule has 2 heteroatoms. The molecular formula is C12H31NO. The highest BCUT2D eigenvalue weighted by Crippen LogP contribution is 2.19. The third kappa shape index (κ3) is 17.6. The Morgan fingerprint density at radius 1 is 1.21 bits per heavy atom. The number of hydrogen-bond acceptors (Lipinski definition) is 2. The monoisotopic (exact) mass is 205 g/mol. The lowest BCUT2D eigenvalue weighted by Crippen LogP contribution is -2.32. The van der Waals surface area contributed by atoms with Crippen LogP contribution < -0.4 is 5.73 Å². The number of hydrogen-bond donors (Lipinski definition) is 1. The largest absolute Gasteiger partial charge is 0.322 e. The molecule has 0 aliphatic rings. The fourth-order valence-electron chi connectivity index (χ4n) is 0.803. The van der Waals surface area contributed by atoms with E-state index < -0.39 is 0 Å². The van der Waals surface area contributed by atoms with Crippen LogP contribution in [0.25, 0.3) is 0 Å². The maximum absolute atomic E-state index is 10.7. The summed E-state index contributed by atoms with van der Waals surface area (Å²) >= 11 is 0. The van der Waals surface area contributed by atoms with Crippen molar-refractivity contribution >= 4 is 5.78 Å². The number of carbonyl (C=O) groups excluding carboxylic acids is 1. The van der Waals surface area contributed by atoms with Crippen LogP contribution in [-0.2, 0) is 4.79 Å². The summed E-state index contributed by atoms with van der Waals surface area (Å²) in [6.45, 7) is 15.8. The molecule has 0 aromatic carbocycles. The van der Waals surface area contributed by atoms with Gasteiger partial charge in [0, 0.05) is 1.43 Å². The molecule has 0 saturated carbocycles. The average molecular weight is 205 g/mol. The molecule has 2 N–H and O–H groups in total. The molecule has 0 unspecified atom stereocenters. The molecule has 0 amide bonds. The van der Waals surface area contributed by atoms with Gasteiger partial charge in [0.25, 0.3) is 0 Å². The molecule has 90 valence electrons. The first-order valence-electron chi connectivity index (χ1n) is 5.59. The predicted octanol–water partition coefficient (Wildman–Crippen LogP) is 3.64. The zero-order valence-electron chi connectivity index (χ0n) is 11.3. The summed E-state index contributed by atoms with van der Waals surface area (Å²) in [7, 11) is 0. The van der Waals surface area contributed by atoms with E-state index in [1.54, 1.807) is 0 Å². The van der Waals surface area contributed by atoms with Crippen molar-refractivity contribution in [3.05, 3.63) is 0 Å². The lowest BCUT2D eigenvalue weighted by atomic mass is 9.87. The van der Waals surface area contributed by atoms with Gasteiger partial charge in [-0.15, -0.1) is 0 Å². The molecule has 0 aromatic rings. The van der Waals surface area contributed by atoms with Crippen molar-refractivity contribution in [3.63, 3.8) is 0 Å². The molecular weight excluding hydrogens is 174 g/mol. The maximum atomic E-state index is 10.7. The second-order valence-electron chi connectivity index (χ2n) is 3.98. The van der Waals surface area contributed by atoms with Crippen LogP contribution in [-0.4, -0.2) is 11.8 Å². The minimum Gasteiger partial charge on any atom is -0.322 e.